The lowest BCUT2D eigenvalue weighted by Crippen LogP contribution is -2.24. The van der Waals surface area contributed by atoms with Gasteiger partial charge in [0.05, 0.1) is 7.11 Å². The van der Waals surface area contributed by atoms with Gasteiger partial charge in [-0.2, -0.15) is 5.10 Å². The van der Waals surface area contributed by atoms with Crippen molar-refractivity contribution >= 4 is 11.7 Å². The second-order valence-corrected chi connectivity index (χ2v) is 7.01. The van der Waals surface area contributed by atoms with Crippen molar-refractivity contribution in [3.63, 3.8) is 0 Å². The highest BCUT2D eigenvalue weighted by molar-refractivity contribution is 5.94. The average Bonchev–Trinajstić information content (AvgIpc) is 3.07. The fraction of sp³-hybridized carbons (Fsp3) is 0.273. The third kappa shape index (κ3) is 3.22. The second-order valence-electron chi connectivity index (χ2n) is 7.01. The minimum Gasteiger partial charge on any atom is -0.493 e. The van der Waals surface area contributed by atoms with Gasteiger partial charge in [0.25, 0.3) is 0 Å². The first kappa shape index (κ1) is 18.1. The number of fused-ring (bicyclic) bond motifs is 1. The summed E-state index contributed by atoms with van der Waals surface area (Å²) in [5.41, 5.74) is 5.14. The molecular weight excluding hydrogens is 354 g/mol. The summed E-state index contributed by atoms with van der Waals surface area (Å²) in [6.45, 7) is 4.45. The zero-order valence-electron chi connectivity index (χ0n) is 16.2. The van der Waals surface area contributed by atoms with Crippen LogP contribution >= 0.6 is 0 Å². The number of rotatable bonds is 5. The fourth-order valence-corrected chi connectivity index (χ4v) is 3.74. The Bertz CT molecular complexity index is 1030. The number of aromatic amines is 1. The van der Waals surface area contributed by atoms with Crippen LogP contribution in [0, 0.1) is 13.8 Å². The van der Waals surface area contributed by atoms with E-state index in [0.717, 1.165) is 22.4 Å². The number of hydrogen-bond acceptors (Lipinski definition) is 4. The van der Waals surface area contributed by atoms with Gasteiger partial charge in [-0.15, -0.1) is 0 Å². The van der Waals surface area contributed by atoms with Gasteiger partial charge >= 0.3 is 0 Å². The molecule has 1 unspecified atom stereocenters. The number of nitrogens with zero attached hydrogens (tertiary/aromatic N) is 1. The van der Waals surface area contributed by atoms with Crippen LogP contribution in [-0.4, -0.2) is 23.2 Å². The number of anilines is 1. The maximum absolute atomic E-state index is 12.3. The quantitative estimate of drug-likeness (QED) is 0.702. The molecule has 2 aromatic carbocycles. The van der Waals surface area contributed by atoms with Gasteiger partial charge < -0.3 is 14.8 Å². The van der Waals surface area contributed by atoms with Crippen molar-refractivity contribution < 1.29 is 14.3 Å². The molecule has 1 aliphatic heterocycles. The lowest BCUT2D eigenvalue weighted by atomic mass is 9.85. The van der Waals surface area contributed by atoms with Crippen molar-refractivity contribution in [2.24, 2.45) is 0 Å². The predicted octanol–water partition coefficient (Wildman–Crippen LogP) is 4.09. The molecule has 2 N–H and O–H groups in total. The number of carbonyl (C=O) groups is 1. The number of H-pyrrole nitrogens is 1. The molecule has 0 saturated carbocycles. The largest absolute Gasteiger partial charge is 0.493 e. The van der Waals surface area contributed by atoms with Crippen LogP contribution in [0.4, 0.5) is 5.82 Å². The number of methoxy groups -OCH3 is 1. The molecule has 0 radical (unpaired) electrons. The summed E-state index contributed by atoms with van der Waals surface area (Å²) in [4.78, 5) is 12.3. The molecule has 6 heteroatoms. The van der Waals surface area contributed by atoms with E-state index in [0.29, 0.717) is 30.3 Å². The van der Waals surface area contributed by atoms with Gasteiger partial charge in [0.1, 0.15) is 6.61 Å². The zero-order chi connectivity index (χ0) is 19.7. The first-order valence-corrected chi connectivity index (χ1v) is 9.27. The summed E-state index contributed by atoms with van der Waals surface area (Å²) < 4.78 is 11.8. The number of aromatic nitrogens is 2. The highest BCUT2D eigenvalue weighted by atomic mass is 16.5. The molecule has 144 valence electrons. The lowest BCUT2D eigenvalue weighted by molar-refractivity contribution is -0.116. The van der Waals surface area contributed by atoms with E-state index in [9.17, 15) is 4.79 Å². The molecule has 0 spiro atoms. The number of benzene rings is 2. The molecule has 6 nitrogen and oxygen atoms in total. The maximum Gasteiger partial charge on any atom is 0.226 e. The molecule has 4 rings (SSSR count). The van der Waals surface area contributed by atoms with Gasteiger partial charge in [-0.05, 0) is 31.0 Å². The van der Waals surface area contributed by atoms with E-state index in [1.165, 1.54) is 5.56 Å². The minimum atomic E-state index is -0.149. The van der Waals surface area contributed by atoms with Crippen LogP contribution in [0.2, 0.25) is 0 Å². The molecular formula is C22H23N3O3. The molecule has 2 heterocycles. The summed E-state index contributed by atoms with van der Waals surface area (Å²) in [6.07, 6.45) is 0.335. The maximum atomic E-state index is 12.3. The molecule has 1 atom stereocenters. The van der Waals surface area contributed by atoms with E-state index in [1.807, 2.05) is 37.3 Å². The van der Waals surface area contributed by atoms with Crippen LogP contribution in [0.25, 0.3) is 0 Å². The van der Waals surface area contributed by atoms with Crippen molar-refractivity contribution in [2.45, 2.75) is 32.8 Å². The minimum absolute atomic E-state index is 0.0586. The number of ether oxygens (including phenoxy) is 2. The number of para-hydroxylation sites is 1. The third-order valence-electron chi connectivity index (χ3n) is 5.23. The Morgan fingerprint density at radius 1 is 1.14 bits per heavy atom. The number of amides is 1. The molecule has 0 aliphatic carbocycles. The van der Waals surface area contributed by atoms with Gasteiger partial charge in [0, 0.05) is 29.2 Å². The van der Waals surface area contributed by atoms with Crippen LogP contribution in [0.3, 0.4) is 0 Å². The highest BCUT2D eigenvalue weighted by Crippen LogP contribution is 2.44. The number of carbonyl (C=O) groups excluding carboxylic acids is 1. The average molecular weight is 377 g/mol. The molecule has 1 aliphatic rings. The SMILES string of the molecule is COc1cccc(C2CC(=O)Nc3n[nH]c(C)c32)c1OCc1ccccc1C. The van der Waals surface area contributed by atoms with Crippen molar-refractivity contribution in [1.29, 1.82) is 0 Å². The standard InChI is InChI=1S/C22H23N3O3/c1-13-7-4-5-8-15(13)12-28-21-16(9-6-10-18(21)27-3)17-11-19(26)23-22-20(17)14(2)24-25-22/h4-10,17H,11-12H2,1-3H3,(H2,23,24,25,26). The number of aryl methyl sites for hydroxylation is 2. The Labute approximate surface area is 163 Å². The molecule has 0 bridgehead atoms. The first-order valence-electron chi connectivity index (χ1n) is 9.27. The van der Waals surface area contributed by atoms with E-state index in [2.05, 4.69) is 34.6 Å². The van der Waals surface area contributed by atoms with Crippen molar-refractivity contribution in [1.82, 2.24) is 10.2 Å². The summed E-state index contributed by atoms with van der Waals surface area (Å²) in [5, 5.41) is 10.0. The van der Waals surface area contributed by atoms with Gasteiger partial charge in [-0.3, -0.25) is 9.89 Å². The summed E-state index contributed by atoms with van der Waals surface area (Å²) in [6, 6.07) is 13.9. The van der Waals surface area contributed by atoms with E-state index in [4.69, 9.17) is 9.47 Å². The Morgan fingerprint density at radius 2 is 1.96 bits per heavy atom. The zero-order valence-corrected chi connectivity index (χ0v) is 16.2. The Balaban J connectivity index is 1.75. The summed E-state index contributed by atoms with van der Waals surface area (Å²) >= 11 is 0. The van der Waals surface area contributed by atoms with E-state index in [1.54, 1.807) is 7.11 Å². The second kappa shape index (κ2) is 7.38. The summed E-state index contributed by atoms with van der Waals surface area (Å²) in [7, 11) is 1.63. The molecule has 1 aromatic heterocycles. The normalized spacial score (nSPS) is 15.7. The smallest absolute Gasteiger partial charge is 0.226 e. The molecule has 3 aromatic rings. The van der Waals surface area contributed by atoms with Gasteiger partial charge in [0.15, 0.2) is 17.3 Å². The van der Waals surface area contributed by atoms with Gasteiger partial charge in [0.2, 0.25) is 5.91 Å². The van der Waals surface area contributed by atoms with Gasteiger partial charge in [-0.1, -0.05) is 36.4 Å². The summed E-state index contributed by atoms with van der Waals surface area (Å²) in [5.74, 6) is 1.70. The Kier molecular flexibility index (Phi) is 4.77. The highest BCUT2D eigenvalue weighted by Gasteiger charge is 2.33. The van der Waals surface area contributed by atoms with Crippen LogP contribution in [0.5, 0.6) is 11.5 Å². The van der Waals surface area contributed by atoms with Crippen molar-refractivity contribution in [3.05, 3.63) is 70.4 Å². The molecule has 28 heavy (non-hydrogen) atoms. The Hall–Kier alpha value is -3.28. The fourth-order valence-electron chi connectivity index (χ4n) is 3.74. The number of nitrogens with one attached hydrogen (secondary N) is 2. The van der Waals surface area contributed by atoms with Crippen molar-refractivity contribution in [2.75, 3.05) is 12.4 Å². The molecule has 0 saturated heterocycles. The van der Waals surface area contributed by atoms with E-state index >= 15 is 0 Å². The van der Waals surface area contributed by atoms with E-state index < -0.39 is 0 Å². The topological polar surface area (TPSA) is 76.2 Å². The Morgan fingerprint density at radius 3 is 2.75 bits per heavy atom. The monoisotopic (exact) mass is 377 g/mol. The number of hydrogen-bond donors (Lipinski definition) is 2. The van der Waals surface area contributed by atoms with Crippen LogP contribution in [0.15, 0.2) is 42.5 Å². The van der Waals surface area contributed by atoms with Crippen LogP contribution in [-0.2, 0) is 11.4 Å². The molecule has 0 fully saturated rings. The van der Waals surface area contributed by atoms with Crippen LogP contribution < -0.4 is 14.8 Å². The van der Waals surface area contributed by atoms with Crippen molar-refractivity contribution in [3.8, 4) is 11.5 Å². The lowest BCUT2D eigenvalue weighted by Gasteiger charge is -2.26. The van der Waals surface area contributed by atoms with Crippen LogP contribution in [0.1, 0.15) is 40.3 Å². The predicted molar refractivity (Wildman–Crippen MR) is 107 cm³/mol. The van der Waals surface area contributed by atoms with E-state index in [-0.39, 0.29) is 11.8 Å². The third-order valence-corrected chi connectivity index (χ3v) is 5.23. The molecule has 1 amide bonds. The first-order chi connectivity index (χ1) is 13.6. The van der Waals surface area contributed by atoms with Gasteiger partial charge in [-0.25, -0.2) is 0 Å².